The molecular weight excluding hydrogens is 228 g/mol. The summed E-state index contributed by atoms with van der Waals surface area (Å²) in [4.78, 5) is 8.69. The van der Waals surface area contributed by atoms with E-state index in [9.17, 15) is 0 Å². The molecule has 0 amide bonds. The fraction of sp³-hybridized carbons (Fsp3) is 0.500. The fourth-order valence-electron chi connectivity index (χ4n) is 2.24. The van der Waals surface area contributed by atoms with Gasteiger partial charge < -0.3 is 5.32 Å². The van der Waals surface area contributed by atoms with Gasteiger partial charge in [-0.05, 0) is 31.9 Å². The predicted molar refractivity (Wildman–Crippen MR) is 66.9 cm³/mol. The van der Waals surface area contributed by atoms with Crippen molar-refractivity contribution in [3.05, 3.63) is 24.2 Å². The van der Waals surface area contributed by atoms with Crippen LogP contribution in [0.4, 0.5) is 0 Å². The summed E-state index contributed by atoms with van der Waals surface area (Å²) < 4.78 is 1.94. The average Bonchev–Trinajstić information content (AvgIpc) is 2.90. The second-order valence-corrected chi connectivity index (χ2v) is 4.65. The molecule has 2 aromatic rings. The highest BCUT2D eigenvalue weighted by molar-refractivity contribution is 5.47. The number of nitrogens with zero attached hydrogens (tertiary/aromatic N) is 5. The summed E-state index contributed by atoms with van der Waals surface area (Å²) in [5.41, 5.74) is 1.95. The van der Waals surface area contributed by atoms with Crippen LogP contribution < -0.4 is 5.32 Å². The molecule has 0 aliphatic carbocycles. The quantitative estimate of drug-likeness (QED) is 0.852. The van der Waals surface area contributed by atoms with E-state index in [1.54, 1.807) is 6.20 Å². The standard InChI is InChI=1S/C12H16N6/c1-9-5-14-12(15-6-9)11-8-16-17-18(11)10-3-2-4-13-7-10/h5-6,8,10,13H,2-4,7H2,1H3. The van der Waals surface area contributed by atoms with Crippen molar-refractivity contribution in [2.24, 2.45) is 0 Å². The van der Waals surface area contributed by atoms with Gasteiger partial charge in [0, 0.05) is 18.9 Å². The van der Waals surface area contributed by atoms with Crippen LogP contribution in [0.25, 0.3) is 11.5 Å². The van der Waals surface area contributed by atoms with E-state index in [0.717, 1.165) is 30.8 Å². The molecule has 1 saturated heterocycles. The maximum Gasteiger partial charge on any atom is 0.179 e. The first-order chi connectivity index (χ1) is 8.84. The van der Waals surface area contributed by atoms with Crippen LogP contribution in [0.1, 0.15) is 24.4 Å². The Morgan fingerprint density at radius 3 is 2.83 bits per heavy atom. The molecule has 3 heterocycles. The van der Waals surface area contributed by atoms with E-state index in [2.05, 4.69) is 25.6 Å². The SMILES string of the molecule is Cc1cnc(-c2cnnn2C2CCCNC2)nc1. The molecule has 1 N–H and O–H groups in total. The monoisotopic (exact) mass is 244 g/mol. The molecule has 2 aromatic heterocycles. The molecule has 18 heavy (non-hydrogen) atoms. The van der Waals surface area contributed by atoms with Crippen LogP contribution in [0.15, 0.2) is 18.6 Å². The minimum atomic E-state index is 0.348. The van der Waals surface area contributed by atoms with Crippen LogP contribution in [0.5, 0.6) is 0 Å². The summed E-state index contributed by atoms with van der Waals surface area (Å²) in [5, 5.41) is 11.6. The van der Waals surface area contributed by atoms with Gasteiger partial charge in [0.25, 0.3) is 0 Å². The first-order valence-corrected chi connectivity index (χ1v) is 6.24. The van der Waals surface area contributed by atoms with Gasteiger partial charge >= 0.3 is 0 Å². The Morgan fingerprint density at radius 1 is 1.28 bits per heavy atom. The molecule has 0 spiro atoms. The summed E-state index contributed by atoms with van der Waals surface area (Å²) >= 11 is 0. The van der Waals surface area contributed by atoms with E-state index in [4.69, 9.17) is 0 Å². The third kappa shape index (κ3) is 2.11. The van der Waals surface area contributed by atoms with Crippen molar-refractivity contribution < 1.29 is 0 Å². The lowest BCUT2D eigenvalue weighted by molar-refractivity contribution is 0.343. The summed E-state index contributed by atoms with van der Waals surface area (Å²) in [7, 11) is 0. The van der Waals surface area contributed by atoms with Crippen molar-refractivity contribution in [3.8, 4) is 11.5 Å². The number of hydrogen-bond acceptors (Lipinski definition) is 5. The average molecular weight is 244 g/mol. The van der Waals surface area contributed by atoms with Gasteiger partial charge in [0.15, 0.2) is 5.82 Å². The van der Waals surface area contributed by atoms with Crippen molar-refractivity contribution in [1.29, 1.82) is 0 Å². The Kier molecular flexibility index (Phi) is 3.02. The minimum absolute atomic E-state index is 0.348. The zero-order valence-electron chi connectivity index (χ0n) is 10.4. The summed E-state index contributed by atoms with van der Waals surface area (Å²) in [6, 6.07) is 0.348. The molecule has 1 unspecified atom stereocenters. The molecule has 94 valence electrons. The lowest BCUT2D eigenvalue weighted by Crippen LogP contribution is -2.32. The number of piperidine rings is 1. The summed E-state index contributed by atoms with van der Waals surface area (Å²) in [6.07, 6.45) is 7.66. The molecule has 0 bridgehead atoms. The van der Waals surface area contributed by atoms with Gasteiger partial charge in [-0.25, -0.2) is 14.6 Å². The summed E-state index contributed by atoms with van der Waals surface area (Å²) in [6.45, 7) is 3.99. The number of aromatic nitrogens is 5. The minimum Gasteiger partial charge on any atom is -0.315 e. The van der Waals surface area contributed by atoms with Crippen LogP contribution in [0.2, 0.25) is 0 Å². The zero-order chi connectivity index (χ0) is 12.4. The van der Waals surface area contributed by atoms with Gasteiger partial charge in [-0.3, -0.25) is 0 Å². The Labute approximate surface area is 105 Å². The molecule has 6 heteroatoms. The van der Waals surface area contributed by atoms with Crippen molar-refractivity contribution in [2.75, 3.05) is 13.1 Å². The first-order valence-electron chi connectivity index (χ1n) is 6.24. The van der Waals surface area contributed by atoms with Gasteiger partial charge in [-0.1, -0.05) is 5.21 Å². The zero-order valence-corrected chi connectivity index (χ0v) is 10.4. The van der Waals surface area contributed by atoms with Crippen molar-refractivity contribution >= 4 is 0 Å². The maximum atomic E-state index is 4.34. The number of rotatable bonds is 2. The van der Waals surface area contributed by atoms with E-state index in [1.165, 1.54) is 6.42 Å². The van der Waals surface area contributed by atoms with E-state index in [-0.39, 0.29) is 0 Å². The van der Waals surface area contributed by atoms with Gasteiger partial charge in [0.2, 0.25) is 0 Å². The maximum absolute atomic E-state index is 4.34. The number of hydrogen-bond donors (Lipinski definition) is 1. The van der Waals surface area contributed by atoms with Crippen molar-refractivity contribution in [1.82, 2.24) is 30.3 Å². The van der Waals surface area contributed by atoms with E-state index >= 15 is 0 Å². The highest BCUT2D eigenvalue weighted by atomic mass is 15.4. The second kappa shape index (κ2) is 4.81. The van der Waals surface area contributed by atoms with Crippen molar-refractivity contribution in [3.63, 3.8) is 0 Å². The molecular formula is C12H16N6. The number of aryl methyl sites for hydroxylation is 1. The topological polar surface area (TPSA) is 68.5 Å². The van der Waals surface area contributed by atoms with E-state index in [0.29, 0.717) is 11.9 Å². The lowest BCUT2D eigenvalue weighted by atomic mass is 10.1. The highest BCUT2D eigenvalue weighted by Crippen LogP contribution is 2.21. The first kappa shape index (κ1) is 11.3. The van der Waals surface area contributed by atoms with Gasteiger partial charge in [0.1, 0.15) is 5.69 Å². The molecule has 0 radical (unpaired) electrons. The summed E-state index contributed by atoms with van der Waals surface area (Å²) in [5.74, 6) is 0.691. The molecule has 0 saturated carbocycles. The fourth-order valence-corrected chi connectivity index (χ4v) is 2.24. The molecule has 6 nitrogen and oxygen atoms in total. The van der Waals surface area contributed by atoms with E-state index < -0.39 is 0 Å². The van der Waals surface area contributed by atoms with Crippen LogP contribution >= 0.6 is 0 Å². The Bertz CT molecular complexity index is 512. The Balaban J connectivity index is 1.93. The lowest BCUT2D eigenvalue weighted by Gasteiger charge is -2.23. The van der Waals surface area contributed by atoms with Gasteiger partial charge in [-0.2, -0.15) is 0 Å². The van der Waals surface area contributed by atoms with Crippen LogP contribution in [0, 0.1) is 6.92 Å². The van der Waals surface area contributed by atoms with Gasteiger partial charge in [0.05, 0.1) is 12.2 Å². The molecule has 1 atom stereocenters. The van der Waals surface area contributed by atoms with Crippen LogP contribution in [-0.4, -0.2) is 38.1 Å². The molecule has 1 aliphatic heterocycles. The third-order valence-corrected chi connectivity index (χ3v) is 3.20. The number of nitrogens with one attached hydrogen (secondary N) is 1. The third-order valence-electron chi connectivity index (χ3n) is 3.20. The highest BCUT2D eigenvalue weighted by Gasteiger charge is 2.20. The molecule has 1 fully saturated rings. The normalized spacial score (nSPS) is 19.9. The molecule has 0 aromatic carbocycles. The van der Waals surface area contributed by atoms with Crippen LogP contribution in [-0.2, 0) is 0 Å². The smallest absolute Gasteiger partial charge is 0.179 e. The molecule has 1 aliphatic rings. The Morgan fingerprint density at radius 2 is 2.11 bits per heavy atom. The second-order valence-electron chi connectivity index (χ2n) is 4.65. The molecule has 3 rings (SSSR count). The van der Waals surface area contributed by atoms with E-state index in [1.807, 2.05) is 24.0 Å². The Hall–Kier alpha value is -1.82. The largest absolute Gasteiger partial charge is 0.315 e. The predicted octanol–water partition coefficient (Wildman–Crippen LogP) is 0.968. The van der Waals surface area contributed by atoms with Crippen molar-refractivity contribution in [2.45, 2.75) is 25.8 Å². The van der Waals surface area contributed by atoms with Crippen LogP contribution in [0.3, 0.4) is 0 Å². The van der Waals surface area contributed by atoms with Gasteiger partial charge in [-0.15, -0.1) is 5.10 Å².